The lowest BCUT2D eigenvalue weighted by atomic mass is 10.2. The van der Waals surface area contributed by atoms with E-state index in [9.17, 15) is 0 Å². The van der Waals surface area contributed by atoms with Gasteiger partial charge in [-0.25, -0.2) is 0 Å². The Labute approximate surface area is 117 Å². The fourth-order valence-electron chi connectivity index (χ4n) is 1.35. The third kappa shape index (κ3) is 36.5. The Morgan fingerprint density at radius 2 is 0.562 bits per heavy atom. The summed E-state index contributed by atoms with van der Waals surface area (Å²) in [5, 5.41) is 0. The molecule has 0 heterocycles. The van der Waals surface area contributed by atoms with E-state index in [1.165, 1.54) is 64.2 Å². The number of unbranched alkanes of at least 4 members (excludes halogenated alkanes) is 8. The van der Waals surface area contributed by atoms with Crippen molar-refractivity contribution in [1.82, 2.24) is 0 Å². The molecule has 0 aromatic carbocycles. The molecule has 0 unspecified atom stereocenters. The van der Waals surface area contributed by atoms with Crippen LogP contribution in [0.3, 0.4) is 0 Å². The van der Waals surface area contributed by atoms with Crippen molar-refractivity contribution >= 4 is 24.8 Å². The quantitative estimate of drug-likeness (QED) is 0.427. The summed E-state index contributed by atoms with van der Waals surface area (Å²) in [7, 11) is 0. The van der Waals surface area contributed by atoms with Crippen LogP contribution in [0.4, 0.5) is 0 Å². The highest BCUT2D eigenvalue weighted by atomic mass is 35.5. The largest absolute Gasteiger partial charge is 0.147 e. The molecule has 0 bridgehead atoms. The Kier molecular flexibility index (Phi) is 47.0. The molecule has 0 atom stereocenters. The molecule has 0 radical (unpaired) electrons. The first-order chi connectivity index (χ1) is 6.83. The van der Waals surface area contributed by atoms with Crippen LogP contribution in [0.25, 0.3) is 0 Å². The van der Waals surface area contributed by atoms with Gasteiger partial charge in [0.15, 0.2) is 0 Å². The first-order valence-electron chi connectivity index (χ1n) is 6.83. The maximum Gasteiger partial charge on any atom is -0.0533 e. The van der Waals surface area contributed by atoms with Crippen LogP contribution in [0, 0.1) is 0 Å². The van der Waals surface area contributed by atoms with E-state index >= 15 is 0 Å². The second kappa shape index (κ2) is 29.6. The molecule has 0 nitrogen and oxygen atoms in total. The van der Waals surface area contributed by atoms with Crippen LogP contribution in [0.15, 0.2) is 0 Å². The van der Waals surface area contributed by atoms with E-state index < -0.39 is 0 Å². The average molecular weight is 273 g/mol. The second-order valence-electron chi connectivity index (χ2n) is 4.12. The molecule has 0 amide bonds. The van der Waals surface area contributed by atoms with Crippen molar-refractivity contribution in [2.24, 2.45) is 0 Å². The maximum absolute atomic E-state index is 2.25. The average Bonchev–Trinajstić information content (AvgIpc) is 2.21. The highest BCUT2D eigenvalue weighted by Gasteiger charge is 1.80. The lowest BCUT2D eigenvalue weighted by Gasteiger charge is -1.90. The van der Waals surface area contributed by atoms with E-state index in [4.69, 9.17) is 0 Å². The molecular weight excluding hydrogens is 239 g/mol. The Hall–Kier alpha value is 0.580. The molecule has 0 fully saturated rings. The van der Waals surface area contributed by atoms with Gasteiger partial charge in [-0.1, -0.05) is 91.9 Å². The van der Waals surface area contributed by atoms with Crippen molar-refractivity contribution in [3.63, 3.8) is 0 Å². The summed E-state index contributed by atoms with van der Waals surface area (Å²) < 4.78 is 0. The predicted octanol–water partition coefficient (Wildman–Crippen LogP) is 6.80. The van der Waals surface area contributed by atoms with Gasteiger partial charge in [0.05, 0.1) is 0 Å². The predicted molar refractivity (Wildman–Crippen MR) is 83.4 cm³/mol. The van der Waals surface area contributed by atoms with Crippen molar-refractivity contribution in [1.29, 1.82) is 0 Å². The van der Waals surface area contributed by atoms with E-state index in [-0.39, 0.29) is 24.8 Å². The molecule has 0 rings (SSSR count). The molecule has 0 aliphatic rings. The smallest absolute Gasteiger partial charge is 0.0533 e. The molecular formula is C14H34Cl2. The molecule has 0 aromatic rings. The van der Waals surface area contributed by atoms with E-state index in [0.29, 0.717) is 0 Å². The second-order valence-corrected chi connectivity index (χ2v) is 4.12. The molecule has 104 valence electrons. The summed E-state index contributed by atoms with van der Waals surface area (Å²) in [6.45, 7) is 8.98. The lowest BCUT2D eigenvalue weighted by molar-refractivity contribution is 0.656. The number of halogens is 2. The first kappa shape index (κ1) is 25.4. The summed E-state index contributed by atoms with van der Waals surface area (Å²) in [6, 6.07) is 0. The zero-order valence-electron chi connectivity index (χ0n) is 11.9. The van der Waals surface area contributed by atoms with Crippen molar-refractivity contribution in [2.75, 3.05) is 0 Å². The van der Waals surface area contributed by atoms with Crippen molar-refractivity contribution in [3.8, 4) is 0 Å². The fraction of sp³-hybridized carbons (Fsp3) is 1.00. The van der Waals surface area contributed by atoms with Crippen molar-refractivity contribution < 1.29 is 0 Å². The van der Waals surface area contributed by atoms with Gasteiger partial charge in [-0.2, -0.15) is 0 Å². The molecule has 0 saturated heterocycles. The molecule has 0 aromatic heterocycles. The van der Waals surface area contributed by atoms with Gasteiger partial charge in [-0.05, 0) is 0 Å². The zero-order chi connectivity index (χ0) is 11.1. The summed E-state index contributed by atoms with van der Waals surface area (Å²) in [4.78, 5) is 0. The van der Waals surface area contributed by atoms with Crippen LogP contribution in [-0.2, 0) is 0 Å². The SMILES string of the molecule is CCCCCCC.CCCCCCC.Cl.Cl. The molecule has 0 aliphatic heterocycles. The van der Waals surface area contributed by atoms with Crippen LogP contribution < -0.4 is 0 Å². The molecule has 0 aliphatic carbocycles. The minimum atomic E-state index is 0. The maximum atomic E-state index is 2.25. The molecule has 0 N–H and O–H groups in total. The Balaban J connectivity index is -0.0000000800. The number of hydrogen-bond acceptors (Lipinski definition) is 0. The van der Waals surface area contributed by atoms with Gasteiger partial charge in [-0.3, -0.25) is 0 Å². The molecule has 0 saturated carbocycles. The Morgan fingerprint density at radius 3 is 0.688 bits per heavy atom. The normalized spacial score (nSPS) is 8.25. The highest BCUT2D eigenvalue weighted by molar-refractivity contribution is 5.85. The summed E-state index contributed by atoms with van der Waals surface area (Å²) in [5.74, 6) is 0. The molecule has 0 spiro atoms. The monoisotopic (exact) mass is 272 g/mol. The number of hydrogen-bond donors (Lipinski definition) is 0. The third-order valence-electron chi connectivity index (χ3n) is 2.41. The standard InChI is InChI=1S/2C7H16.2ClH/c2*1-3-5-7-6-4-2;;/h2*3-7H2,1-2H3;2*1H. The van der Waals surface area contributed by atoms with Crippen LogP contribution in [0.2, 0.25) is 0 Å². The van der Waals surface area contributed by atoms with Crippen LogP contribution >= 0.6 is 24.8 Å². The molecule has 2 heteroatoms. The highest BCUT2D eigenvalue weighted by Crippen LogP contribution is 2.00. The Morgan fingerprint density at radius 1 is 0.375 bits per heavy atom. The lowest BCUT2D eigenvalue weighted by Crippen LogP contribution is -1.70. The topological polar surface area (TPSA) is 0 Å². The third-order valence-corrected chi connectivity index (χ3v) is 2.41. The minimum Gasteiger partial charge on any atom is -0.147 e. The van der Waals surface area contributed by atoms with Crippen LogP contribution in [0.1, 0.15) is 91.9 Å². The van der Waals surface area contributed by atoms with E-state index in [1.54, 1.807) is 0 Å². The Bertz CT molecular complexity index is 57.1. The van der Waals surface area contributed by atoms with Gasteiger partial charge in [0.1, 0.15) is 0 Å². The van der Waals surface area contributed by atoms with Gasteiger partial charge in [0, 0.05) is 0 Å². The summed E-state index contributed by atoms with van der Waals surface area (Å²) in [5.41, 5.74) is 0. The zero-order valence-corrected chi connectivity index (χ0v) is 13.5. The van der Waals surface area contributed by atoms with Gasteiger partial charge < -0.3 is 0 Å². The number of rotatable bonds is 8. The molecule has 16 heavy (non-hydrogen) atoms. The first-order valence-corrected chi connectivity index (χ1v) is 6.83. The van der Waals surface area contributed by atoms with Gasteiger partial charge in [0.2, 0.25) is 0 Å². The van der Waals surface area contributed by atoms with Gasteiger partial charge in [0.25, 0.3) is 0 Å². The minimum absolute atomic E-state index is 0. The van der Waals surface area contributed by atoms with E-state index in [2.05, 4.69) is 27.7 Å². The van der Waals surface area contributed by atoms with Crippen LogP contribution in [0.5, 0.6) is 0 Å². The van der Waals surface area contributed by atoms with Gasteiger partial charge >= 0.3 is 0 Å². The van der Waals surface area contributed by atoms with Crippen LogP contribution in [-0.4, -0.2) is 0 Å². The summed E-state index contributed by atoms with van der Waals surface area (Å²) >= 11 is 0. The van der Waals surface area contributed by atoms with Crippen molar-refractivity contribution in [3.05, 3.63) is 0 Å². The van der Waals surface area contributed by atoms with Gasteiger partial charge in [-0.15, -0.1) is 24.8 Å². The van der Waals surface area contributed by atoms with E-state index in [0.717, 1.165) is 0 Å². The summed E-state index contributed by atoms with van der Waals surface area (Å²) in [6.07, 6.45) is 14.0. The van der Waals surface area contributed by atoms with E-state index in [1.807, 2.05) is 0 Å². The van der Waals surface area contributed by atoms with Crippen molar-refractivity contribution in [2.45, 2.75) is 91.9 Å². The fourth-order valence-corrected chi connectivity index (χ4v) is 1.35.